The van der Waals surface area contributed by atoms with Crippen molar-refractivity contribution in [3.05, 3.63) is 35.6 Å². The van der Waals surface area contributed by atoms with Gasteiger partial charge in [-0.15, -0.1) is 0 Å². The van der Waals surface area contributed by atoms with Crippen molar-refractivity contribution in [2.75, 3.05) is 7.11 Å². The summed E-state index contributed by atoms with van der Waals surface area (Å²) in [4.78, 5) is 4.17. The Morgan fingerprint density at radius 2 is 2.47 bits per heavy atom. The highest BCUT2D eigenvalue weighted by Crippen LogP contribution is 2.11. The number of methoxy groups -OCH3 is 1. The van der Waals surface area contributed by atoms with E-state index in [9.17, 15) is 5.21 Å². The molecule has 0 fully saturated rings. The Kier molecular flexibility index (Phi) is 2.59. The summed E-state index contributed by atoms with van der Waals surface area (Å²) < 4.78 is 5.61. The molecular formula is C9H10N4O2. The molecule has 0 aliphatic heterocycles. The summed E-state index contributed by atoms with van der Waals surface area (Å²) in [6, 6.07) is 3.42. The van der Waals surface area contributed by atoms with Crippen LogP contribution in [0.25, 0.3) is 11.4 Å². The van der Waals surface area contributed by atoms with Gasteiger partial charge in [-0.25, -0.2) is 4.98 Å². The second kappa shape index (κ2) is 4.05. The summed E-state index contributed by atoms with van der Waals surface area (Å²) >= 11 is 0. The Morgan fingerprint density at radius 3 is 3.20 bits per heavy atom. The van der Waals surface area contributed by atoms with Crippen molar-refractivity contribution in [2.24, 2.45) is 0 Å². The molecule has 6 nitrogen and oxygen atoms in total. The fourth-order valence-corrected chi connectivity index (χ4v) is 1.21. The Bertz CT molecular complexity index is 455. The first-order valence-corrected chi connectivity index (χ1v) is 4.39. The van der Waals surface area contributed by atoms with E-state index in [-0.39, 0.29) is 0 Å². The first-order valence-electron chi connectivity index (χ1n) is 4.39. The highest BCUT2D eigenvalue weighted by molar-refractivity contribution is 5.51. The number of nitrogens with one attached hydrogen (secondary N) is 1. The van der Waals surface area contributed by atoms with Crippen LogP contribution in [-0.2, 0) is 11.3 Å². The van der Waals surface area contributed by atoms with Gasteiger partial charge in [-0.1, -0.05) is 0 Å². The zero-order chi connectivity index (χ0) is 10.7. The molecule has 0 aliphatic rings. The molecule has 0 unspecified atom stereocenters. The molecule has 2 aromatic rings. The quantitative estimate of drug-likeness (QED) is 0.576. The summed E-state index contributed by atoms with van der Waals surface area (Å²) in [6.07, 6.45) is 2.83. The standard InChI is InChI=1S/C9H10N4O2/c1-15-6-8-10-9(12-11-8)7-3-2-4-13(14)5-7/h2-5H,6H2,1H3,(H,10,11,12). The molecule has 0 spiro atoms. The summed E-state index contributed by atoms with van der Waals surface area (Å²) in [5.74, 6) is 1.13. The maximum absolute atomic E-state index is 11.0. The lowest BCUT2D eigenvalue weighted by Gasteiger charge is -1.95. The third-order valence-electron chi connectivity index (χ3n) is 1.85. The summed E-state index contributed by atoms with van der Waals surface area (Å²) in [6.45, 7) is 0.372. The minimum absolute atomic E-state index is 0.372. The number of H-pyrrole nitrogens is 1. The van der Waals surface area contributed by atoms with E-state index in [1.807, 2.05) is 0 Å². The number of rotatable bonds is 3. The molecule has 0 saturated carbocycles. The Hall–Kier alpha value is -1.95. The van der Waals surface area contributed by atoms with E-state index in [4.69, 9.17) is 4.74 Å². The third kappa shape index (κ3) is 2.10. The Morgan fingerprint density at radius 1 is 1.60 bits per heavy atom. The van der Waals surface area contributed by atoms with Gasteiger partial charge < -0.3 is 9.94 Å². The lowest BCUT2D eigenvalue weighted by atomic mass is 10.3. The van der Waals surface area contributed by atoms with E-state index in [1.165, 1.54) is 12.4 Å². The van der Waals surface area contributed by atoms with Gasteiger partial charge in [-0.2, -0.15) is 9.83 Å². The average Bonchev–Trinajstić information content (AvgIpc) is 2.67. The smallest absolute Gasteiger partial charge is 0.191 e. The highest BCUT2D eigenvalue weighted by atomic mass is 16.5. The molecular weight excluding hydrogens is 196 g/mol. The fourth-order valence-electron chi connectivity index (χ4n) is 1.21. The number of aromatic nitrogens is 4. The number of hydrogen-bond acceptors (Lipinski definition) is 4. The molecule has 2 rings (SSSR count). The summed E-state index contributed by atoms with van der Waals surface area (Å²) in [5, 5.41) is 17.7. The molecule has 0 atom stereocenters. The van der Waals surface area contributed by atoms with Crippen LogP contribution in [0.15, 0.2) is 24.5 Å². The van der Waals surface area contributed by atoms with Crippen LogP contribution in [0.3, 0.4) is 0 Å². The first-order chi connectivity index (χ1) is 7.29. The van der Waals surface area contributed by atoms with Gasteiger partial charge in [0.05, 0.1) is 5.56 Å². The number of hydrogen-bond donors (Lipinski definition) is 1. The highest BCUT2D eigenvalue weighted by Gasteiger charge is 2.07. The molecule has 1 N–H and O–H groups in total. The van der Waals surface area contributed by atoms with Crippen LogP contribution in [0.1, 0.15) is 5.82 Å². The minimum atomic E-state index is 0.372. The number of aromatic amines is 1. The van der Waals surface area contributed by atoms with Crippen LogP contribution in [0.2, 0.25) is 0 Å². The van der Waals surface area contributed by atoms with E-state index in [2.05, 4.69) is 15.2 Å². The van der Waals surface area contributed by atoms with E-state index in [0.717, 1.165) is 0 Å². The van der Waals surface area contributed by atoms with Crippen molar-refractivity contribution in [1.82, 2.24) is 15.2 Å². The van der Waals surface area contributed by atoms with Gasteiger partial charge >= 0.3 is 0 Å². The zero-order valence-corrected chi connectivity index (χ0v) is 8.17. The fraction of sp³-hybridized carbons (Fsp3) is 0.222. The van der Waals surface area contributed by atoms with Crippen LogP contribution >= 0.6 is 0 Å². The van der Waals surface area contributed by atoms with Crippen molar-refractivity contribution in [3.8, 4) is 11.4 Å². The molecule has 0 amide bonds. The number of ether oxygens (including phenoxy) is 1. The van der Waals surface area contributed by atoms with Crippen molar-refractivity contribution >= 4 is 0 Å². The van der Waals surface area contributed by atoms with E-state index in [0.29, 0.717) is 28.5 Å². The van der Waals surface area contributed by atoms with Gasteiger partial charge in [-0.3, -0.25) is 5.10 Å². The van der Waals surface area contributed by atoms with Crippen molar-refractivity contribution < 1.29 is 9.47 Å². The normalized spacial score (nSPS) is 10.5. The second-order valence-corrected chi connectivity index (χ2v) is 2.99. The monoisotopic (exact) mass is 206 g/mol. The third-order valence-corrected chi connectivity index (χ3v) is 1.85. The van der Waals surface area contributed by atoms with Gasteiger partial charge in [-0.05, 0) is 6.07 Å². The molecule has 15 heavy (non-hydrogen) atoms. The second-order valence-electron chi connectivity index (χ2n) is 2.99. The van der Waals surface area contributed by atoms with Crippen LogP contribution in [-0.4, -0.2) is 22.3 Å². The molecule has 2 heterocycles. The summed E-state index contributed by atoms with van der Waals surface area (Å²) in [5.41, 5.74) is 0.672. The van der Waals surface area contributed by atoms with Gasteiger partial charge in [0.2, 0.25) is 0 Å². The lowest BCUT2D eigenvalue weighted by molar-refractivity contribution is -0.604. The number of nitrogens with zero attached hydrogens (tertiary/aromatic N) is 3. The maximum atomic E-state index is 11.0. The molecule has 0 aromatic carbocycles. The molecule has 0 radical (unpaired) electrons. The largest absolute Gasteiger partial charge is 0.619 e. The van der Waals surface area contributed by atoms with Crippen LogP contribution in [0, 0.1) is 5.21 Å². The lowest BCUT2D eigenvalue weighted by Crippen LogP contribution is -2.24. The molecule has 2 aromatic heterocycles. The maximum Gasteiger partial charge on any atom is 0.191 e. The Labute approximate surface area is 86.1 Å². The average molecular weight is 206 g/mol. The Balaban J connectivity index is 2.29. The first kappa shape index (κ1) is 9.60. The van der Waals surface area contributed by atoms with Gasteiger partial charge in [0, 0.05) is 13.2 Å². The van der Waals surface area contributed by atoms with Crippen molar-refractivity contribution in [2.45, 2.75) is 6.61 Å². The van der Waals surface area contributed by atoms with E-state index >= 15 is 0 Å². The summed E-state index contributed by atoms with van der Waals surface area (Å²) in [7, 11) is 1.58. The van der Waals surface area contributed by atoms with Gasteiger partial charge in [0.15, 0.2) is 24.0 Å². The number of pyridine rings is 1. The predicted octanol–water partition coefficient (Wildman–Crippen LogP) is 0.251. The van der Waals surface area contributed by atoms with Crippen LogP contribution in [0.4, 0.5) is 0 Å². The van der Waals surface area contributed by atoms with Gasteiger partial charge in [0.1, 0.15) is 6.61 Å². The van der Waals surface area contributed by atoms with Gasteiger partial charge in [0.25, 0.3) is 0 Å². The van der Waals surface area contributed by atoms with E-state index in [1.54, 1.807) is 19.2 Å². The predicted molar refractivity (Wildman–Crippen MR) is 51.5 cm³/mol. The van der Waals surface area contributed by atoms with Crippen LogP contribution < -0.4 is 4.73 Å². The zero-order valence-electron chi connectivity index (χ0n) is 8.17. The van der Waals surface area contributed by atoms with Crippen molar-refractivity contribution in [1.29, 1.82) is 0 Å². The SMILES string of the molecule is COCc1nc(-c2ccc[n+]([O-])c2)n[nH]1. The molecule has 6 heteroatoms. The molecule has 0 saturated heterocycles. The topological polar surface area (TPSA) is 77.7 Å². The molecule has 78 valence electrons. The molecule has 0 aliphatic carbocycles. The minimum Gasteiger partial charge on any atom is -0.619 e. The van der Waals surface area contributed by atoms with Crippen molar-refractivity contribution in [3.63, 3.8) is 0 Å². The van der Waals surface area contributed by atoms with Crippen LogP contribution in [0.5, 0.6) is 0 Å². The molecule has 0 bridgehead atoms. The van der Waals surface area contributed by atoms with E-state index < -0.39 is 0 Å².